The topological polar surface area (TPSA) is 64.6 Å². The van der Waals surface area contributed by atoms with Crippen molar-refractivity contribution >= 4 is 16.7 Å². The van der Waals surface area contributed by atoms with Gasteiger partial charge in [0, 0.05) is 13.1 Å². The van der Waals surface area contributed by atoms with E-state index in [9.17, 15) is 9.90 Å². The molecule has 0 aromatic heterocycles. The number of phenols is 1. The number of carbonyl (C=O) groups is 1. The zero-order valence-corrected chi connectivity index (χ0v) is 20.7. The van der Waals surface area contributed by atoms with Crippen LogP contribution in [0.25, 0.3) is 10.8 Å². The molecule has 1 saturated heterocycles. The number of fused-ring (bicyclic) bond motifs is 1. The number of nitrogens with one attached hydrogen (secondary N) is 2. The van der Waals surface area contributed by atoms with Crippen LogP contribution in [0.2, 0.25) is 0 Å². The minimum atomic E-state index is 0.255. The van der Waals surface area contributed by atoms with E-state index >= 15 is 0 Å². The van der Waals surface area contributed by atoms with Crippen LogP contribution in [-0.2, 0) is 17.6 Å². The molecule has 3 N–H and O–H groups in total. The number of aromatic hydroxyl groups is 1. The monoisotopic (exact) mass is 473 g/mol. The molecule has 35 heavy (non-hydrogen) atoms. The van der Waals surface area contributed by atoms with Crippen LogP contribution < -0.4 is 10.6 Å². The lowest BCUT2D eigenvalue weighted by Crippen LogP contribution is -2.41. The second kappa shape index (κ2) is 13.3. The smallest absolute Gasteiger partial charge is 0.227 e. The van der Waals surface area contributed by atoms with Crippen molar-refractivity contribution in [2.24, 2.45) is 5.92 Å². The summed E-state index contributed by atoms with van der Waals surface area (Å²) in [7, 11) is 0. The zero-order chi connectivity index (χ0) is 24.3. The molecule has 0 saturated carbocycles. The Balaban J connectivity index is 1.04. The van der Waals surface area contributed by atoms with Crippen molar-refractivity contribution in [3.05, 3.63) is 77.9 Å². The molecule has 1 fully saturated rings. The third kappa shape index (κ3) is 7.81. The fourth-order valence-corrected chi connectivity index (χ4v) is 4.93. The molecule has 0 radical (unpaired) electrons. The maximum atomic E-state index is 12.9. The molecule has 3 aromatic carbocycles. The molecule has 1 aliphatic heterocycles. The van der Waals surface area contributed by atoms with E-state index < -0.39 is 0 Å². The average molecular weight is 474 g/mol. The van der Waals surface area contributed by atoms with E-state index in [1.807, 2.05) is 24.3 Å². The maximum absolute atomic E-state index is 12.9. The molecule has 5 heteroatoms. The lowest BCUT2D eigenvalue weighted by Gasteiger charge is -2.32. The van der Waals surface area contributed by atoms with E-state index in [0.717, 1.165) is 64.1 Å². The van der Waals surface area contributed by atoms with Crippen LogP contribution in [0.3, 0.4) is 0 Å². The van der Waals surface area contributed by atoms with Gasteiger partial charge in [0.25, 0.3) is 0 Å². The van der Waals surface area contributed by atoms with Crippen molar-refractivity contribution in [1.82, 2.24) is 15.5 Å². The van der Waals surface area contributed by atoms with Crippen molar-refractivity contribution < 1.29 is 9.90 Å². The van der Waals surface area contributed by atoms with Gasteiger partial charge >= 0.3 is 0 Å². The first-order chi connectivity index (χ1) is 17.2. The maximum Gasteiger partial charge on any atom is 0.227 e. The van der Waals surface area contributed by atoms with Crippen LogP contribution in [0.1, 0.15) is 36.8 Å². The number of rotatable bonds is 12. The van der Waals surface area contributed by atoms with Gasteiger partial charge in [0.2, 0.25) is 5.91 Å². The standard InChI is InChI=1S/C30H39N3O2/c34-28-12-10-24(11-13-28)14-19-31-17-3-4-18-32-23-25-15-20-33(21-16-25)30(35)22-27-8-5-7-26-6-1-2-9-29(26)27/h1-2,5-13,25,31-32,34H,3-4,14-23H2. The predicted octanol–water partition coefficient (Wildman–Crippen LogP) is 4.53. The lowest BCUT2D eigenvalue weighted by atomic mass is 9.95. The number of benzene rings is 3. The Labute approximate surface area is 209 Å². The van der Waals surface area contributed by atoms with Crippen LogP contribution in [0.5, 0.6) is 5.75 Å². The van der Waals surface area contributed by atoms with Gasteiger partial charge in [0.05, 0.1) is 6.42 Å². The first-order valence-corrected chi connectivity index (χ1v) is 13.1. The number of carbonyl (C=O) groups excluding carboxylic acids is 1. The van der Waals surface area contributed by atoms with E-state index in [-0.39, 0.29) is 5.91 Å². The molecule has 1 amide bonds. The van der Waals surface area contributed by atoms with Gasteiger partial charge in [0.1, 0.15) is 5.75 Å². The van der Waals surface area contributed by atoms with E-state index in [1.165, 1.54) is 29.2 Å². The lowest BCUT2D eigenvalue weighted by molar-refractivity contribution is -0.131. The van der Waals surface area contributed by atoms with Crippen LogP contribution in [-0.4, -0.2) is 55.2 Å². The Bertz CT molecular complexity index is 1050. The minimum absolute atomic E-state index is 0.255. The summed E-state index contributed by atoms with van der Waals surface area (Å²) in [4.78, 5) is 15.0. The SMILES string of the molecule is O=C(Cc1cccc2ccccc12)N1CCC(CNCCCCNCCc2ccc(O)cc2)CC1. The van der Waals surface area contributed by atoms with Crippen molar-refractivity contribution in [2.45, 2.75) is 38.5 Å². The molecule has 1 heterocycles. The minimum Gasteiger partial charge on any atom is -0.508 e. The third-order valence-electron chi connectivity index (χ3n) is 7.11. The fourth-order valence-electron chi connectivity index (χ4n) is 4.93. The fraction of sp³-hybridized carbons (Fsp3) is 0.433. The zero-order valence-electron chi connectivity index (χ0n) is 20.7. The quantitative estimate of drug-likeness (QED) is 0.338. The van der Waals surface area contributed by atoms with Crippen molar-refractivity contribution in [1.29, 1.82) is 0 Å². The first-order valence-electron chi connectivity index (χ1n) is 13.1. The molecule has 186 valence electrons. The van der Waals surface area contributed by atoms with E-state index in [4.69, 9.17) is 0 Å². The summed E-state index contributed by atoms with van der Waals surface area (Å²) in [6.07, 6.45) is 6.01. The van der Waals surface area contributed by atoms with Gasteiger partial charge in [-0.2, -0.15) is 0 Å². The number of piperidine rings is 1. The summed E-state index contributed by atoms with van der Waals surface area (Å²) in [6.45, 7) is 5.87. The van der Waals surface area contributed by atoms with Crippen LogP contribution in [0, 0.1) is 5.92 Å². The number of phenolic OH excluding ortho intramolecular Hbond substituents is 1. The van der Waals surface area contributed by atoms with Crippen LogP contribution >= 0.6 is 0 Å². The molecule has 0 unspecified atom stereocenters. The molecule has 3 aromatic rings. The highest BCUT2D eigenvalue weighted by Gasteiger charge is 2.22. The van der Waals surface area contributed by atoms with Gasteiger partial charge in [-0.3, -0.25) is 4.79 Å². The molecule has 0 bridgehead atoms. The number of hydrogen-bond acceptors (Lipinski definition) is 4. The van der Waals surface area contributed by atoms with E-state index in [1.54, 1.807) is 12.1 Å². The van der Waals surface area contributed by atoms with Gasteiger partial charge in [0.15, 0.2) is 0 Å². The number of likely N-dealkylation sites (tertiary alicyclic amines) is 1. The van der Waals surface area contributed by atoms with E-state index in [2.05, 4.69) is 45.9 Å². The molecule has 0 spiro atoms. The van der Waals surface area contributed by atoms with Crippen molar-refractivity contribution in [3.63, 3.8) is 0 Å². The molecule has 1 aliphatic rings. The molecule has 5 nitrogen and oxygen atoms in total. The Morgan fingerprint density at radius 2 is 1.57 bits per heavy atom. The van der Waals surface area contributed by atoms with Gasteiger partial charge < -0.3 is 20.6 Å². The van der Waals surface area contributed by atoms with Gasteiger partial charge in [-0.1, -0.05) is 54.6 Å². The summed E-state index contributed by atoms with van der Waals surface area (Å²) in [5, 5.41) is 18.8. The third-order valence-corrected chi connectivity index (χ3v) is 7.11. The Morgan fingerprint density at radius 3 is 2.37 bits per heavy atom. The number of unbranched alkanes of at least 4 members (excludes halogenated alkanes) is 1. The second-order valence-electron chi connectivity index (χ2n) is 9.72. The Kier molecular flexibility index (Phi) is 9.56. The highest BCUT2D eigenvalue weighted by atomic mass is 16.3. The summed E-state index contributed by atoms with van der Waals surface area (Å²) in [5.41, 5.74) is 2.38. The largest absolute Gasteiger partial charge is 0.508 e. The highest BCUT2D eigenvalue weighted by molar-refractivity contribution is 5.90. The molecule has 0 atom stereocenters. The van der Waals surface area contributed by atoms with Gasteiger partial charge in [-0.15, -0.1) is 0 Å². The molecular formula is C30H39N3O2. The number of nitrogens with zero attached hydrogens (tertiary/aromatic N) is 1. The van der Waals surface area contributed by atoms with Crippen molar-refractivity contribution in [2.75, 3.05) is 39.3 Å². The van der Waals surface area contributed by atoms with Crippen molar-refractivity contribution in [3.8, 4) is 5.75 Å². The normalized spacial score (nSPS) is 14.5. The number of amides is 1. The predicted molar refractivity (Wildman–Crippen MR) is 144 cm³/mol. The number of hydrogen-bond donors (Lipinski definition) is 3. The summed E-state index contributed by atoms with van der Waals surface area (Å²) in [5.74, 6) is 1.25. The summed E-state index contributed by atoms with van der Waals surface area (Å²) in [6, 6.07) is 22.0. The van der Waals surface area contributed by atoms with Crippen LogP contribution in [0.4, 0.5) is 0 Å². The average Bonchev–Trinajstić information content (AvgIpc) is 2.89. The highest BCUT2D eigenvalue weighted by Crippen LogP contribution is 2.21. The Morgan fingerprint density at radius 1 is 0.857 bits per heavy atom. The first kappa shape index (κ1) is 25.2. The summed E-state index contributed by atoms with van der Waals surface area (Å²) >= 11 is 0. The molecular weight excluding hydrogens is 434 g/mol. The molecule has 0 aliphatic carbocycles. The second-order valence-corrected chi connectivity index (χ2v) is 9.72. The van der Waals surface area contributed by atoms with Crippen LogP contribution in [0.15, 0.2) is 66.7 Å². The molecule has 4 rings (SSSR count). The Hall–Kier alpha value is -2.89. The van der Waals surface area contributed by atoms with Gasteiger partial charge in [-0.25, -0.2) is 0 Å². The summed E-state index contributed by atoms with van der Waals surface area (Å²) < 4.78 is 0. The van der Waals surface area contributed by atoms with Gasteiger partial charge in [-0.05, 0) is 98.2 Å². The van der Waals surface area contributed by atoms with E-state index in [0.29, 0.717) is 18.1 Å².